The second-order valence-electron chi connectivity index (χ2n) is 4.59. The maximum Gasteiger partial charge on any atom is 0.313 e. The van der Waals surface area contributed by atoms with Crippen molar-refractivity contribution < 1.29 is 9.72 Å². The van der Waals surface area contributed by atoms with E-state index in [4.69, 9.17) is 0 Å². The summed E-state index contributed by atoms with van der Waals surface area (Å²) in [5, 5.41) is 15.4. The Labute approximate surface area is 113 Å². The number of ketones is 1. The van der Waals surface area contributed by atoms with Gasteiger partial charge in [0.1, 0.15) is 17.2 Å². The van der Waals surface area contributed by atoms with Gasteiger partial charge in [-0.2, -0.15) is 5.10 Å². The minimum absolute atomic E-state index is 0.163. The van der Waals surface area contributed by atoms with Crippen LogP contribution >= 0.6 is 0 Å². The van der Waals surface area contributed by atoms with Crippen LogP contribution in [0.15, 0.2) is 0 Å². The van der Waals surface area contributed by atoms with Crippen molar-refractivity contribution in [3.8, 4) is 0 Å². The van der Waals surface area contributed by atoms with Gasteiger partial charge in [-0.25, -0.2) is 0 Å². The van der Waals surface area contributed by atoms with Gasteiger partial charge < -0.3 is 4.79 Å². The lowest BCUT2D eigenvalue weighted by atomic mass is 10.2. The number of nitrogens with zero attached hydrogens (tertiary/aromatic N) is 3. The Hall–Kier alpha value is -1.72. The molecular weight excluding hydrogens is 246 g/mol. The SMILES string of the molecule is CCc1nn(CCCCC(C)=O)c(CC)c1[N+](=O)[O-]. The Bertz CT molecular complexity index is 466. The van der Waals surface area contributed by atoms with Gasteiger partial charge in [-0.05, 0) is 32.6 Å². The molecule has 19 heavy (non-hydrogen) atoms. The molecule has 0 aliphatic heterocycles. The zero-order chi connectivity index (χ0) is 14.4. The van der Waals surface area contributed by atoms with Crippen molar-refractivity contribution in [3.63, 3.8) is 0 Å². The second kappa shape index (κ2) is 7.01. The molecule has 6 nitrogen and oxygen atoms in total. The van der Waals surface area contributed by atoms with E-state index in [1.165, 1.54) is 0 Å². The summed E-state index contributed by atoms with van der Waals surface area (Å²) in [6.45, 7) is 5.98. The summed E-state index contributed by atoms with van der Waals surface area (Å²) in [5.74, 6) is 0.177. The van der Waals surface area contributed by atoms with Gasteiger partial charge in [-0.3, -0.25) is 14.8 Å². The number of unbranched alkanes of at least 4 members (excludes halogenated alkanes) is 1. The van der Waals surface area contributed by atoms with Crippen LogP contribution in [0.25, 0.3) is 0 Å². The monoisotopic (exact) mass is 267 g/mol. The van der Waals surface area contributed by atoms with Crippen LogP contribution in [-0.2, 0) is 24.2 Å². The Morgan fingerprint density at radius 3 is 2.47 bits per heavy atom. The molecule has 0 spiro atoms. The highest BCUT2D eigenvalue weighted by atomic mass is 16.6. The first-order chi connectivity index (χ1) is 9.01. The molecule has 0 atom stereocenters. The van der Waals surface area contributed by atoms with Crippen LogP contribution in [0.5, 0.6) is 0 Å². The average molecular weight is 267 g/mol. The first-order valence-electron chi connectivity index (χ1n) is 6.73. The molecule has 0 radical (unpaired) electrons. The predicted octanol–water partition coefficient (Wildman–Crippen LogP) is 2.68. The molecule has 106 valence electrons. The fourth-order valence-corrected chi connectivity index (χ4v) is 2.16. The molecule has 0 aliphatic carbocycles. The molecule has 0 saturated heterocycles. The van der Waals surface area contributed by atoms with Crippen LogP contribution in [0.4, 0.5) is 5.69 Å². The number of Topliss-reactive ketones (excluding diaryl/α,β-unsaturated/α-hetero) is 1. The normalized spacial score (nSPS) is 10.7. The Kier molecular flexibility index (Phi) is 5.66. The number of aromatic nitrogens is 2. The van der Waals surface area contributed by atoms with Gasteiger partial charge in [0.25, 0.3) is 0 Å². The molecule has 1 rings (SSSR count). The number of nitro groups is 1. The van der Waals surface area contributed by atoms with Gasteiger partial charge in [0.15, 0.2) is 0 Å². The Morgan fingerprint density at radius 1 is 1.32 bits per heavy atom. The van der Waals surface area contributed by atoms with E-state index in [9.17, 15) is 14.9 Å². The van der Waals surface area contributed by atoms with Crippen molar-refractivity contribution in [2.75, 3.05) is 0 Å². The van der Waals surface area contributed by atoms with Crippen molar-refractivity contribution in [1.29, 1.82) is 0 Å². The fraction of sp³-hybridized carbons (Fsp3) is 0.692. The van der Waals surface area contributed by atoms with Crippen molar-refractivity contribution in [1.82, 2.24) is 9.78 Å². The Balaban J connectivity index is 2.83. The predicted molar refractivity (Wildman–Crippen MR) is 72.2 cm³/mol. The van der Waals surface area contributed by atoms with Crippen molar-refractivity contribution in [2.45, 2.75) is 59.4 Å². The topological polar surface area (TPSA) is 78.0 Å². The minimum atomic E-state index is -0.337. The average Bonchev–Trinajstić information content (AvgIpc) is 2.72. The maximum atomic E-state index is 11.1. The fourth-order valence-electron chi connectivity index (χ4n) is 2.16. The van der Waals surface area contributed by atoms with E-state index < -0.39 is 0 Å². The lowest BCUT2D eigenvalue weighted by Crippen LogP contribution is -2.06. The third-order valence-corrected chi connectivity index (χ3v) is 3.10. The third kappa shape index (κ3) is 3.87. The van der Waals surface area contributed by atoms with Crippen molar-refractivity contribution in [2.24, 2.45) is 0 Å². The summed E-state index contributed by atoms with van der Waals surface area (Å²) in [6, 6.07) is 0. The standard InChI is InChI=1S/C13H21N3O3/c1-4-11-13(16(18)19)12(5-2)15(14-11)9-7-6-8-10(3)17/h4-9H2,1-3H3. The lowest BCUT2D eigenvalue weighted by molar-refractivity contribution is -0.386. The molecule has 0 bridgehead atoms. The van der Waals surface area contributed by atoms with Gasteiger partial charge in [0.05, 0.1) is 4.92 Å². The van der Waals surface area contributed by atoms with Crippen LogP contribution in [0.3, 0.4) is 0 Å². The zero-order valence-corrected chi connectivity index (χ0v) is 11.8. The molecule has 1 aromatic rings. The van der Waals surface area contributed by atoms with Crippen LogP contribution in [0.1, 0.15) is 51.4 Å². The highest BCUT2D eigenvalue weighted by molar-refractivity contribution is 5.75. The number of carbonyl (C=O) groups excluding carboxylic acids is 1. The number of rotatable bonds is 8. The third-order valence-electron chi connectivity index (χ3n) is 3.10. The summed E-state index contributed by atoms with van der Waals surface area (Å²) >= 11 is 0. The van der Waals surface area contributed by atoms with E-state index in [-0.39, 0.29) is 16.4 Å². The van der Waals surface area contributed by atoms with Gasteiger partial charge >= 0.3 is 5.69 Å². The van der Waals surface area contributed by atoms with Gasteiger partial charge in [0.2, 0.25) is 0 Å². The van der Waals surface area contributed by atoms with Crippen molar-refractivity contribution >= 4 is 11.5 Å². The summed E-state index contributed by atoms with van der Waals surface area (Å²) in [6.07, 6.45) is 3.33. The van der Waals surface area contributed by atoms with E-state index in [0.29, 0.717) is 37.2 Å². The molecule has 0 saturated carbocycles. The summed E-state index contributed by atoms with van der Waals surface area (Å²) in [7, 11) is 0. The van der Waals surface area contributed by atoms with Gasteiger partial charge in [-0.15, -0.1) is 0 Å². The minimum Gasteiger partial charge on any atom is -0.300 e. The van der Waals surface area contributed by atoms with Crippen LogP contribution < -0.4 is 0 Å². The molecule has 0 amide bonds. The highest BCUT2D eigenvalue weighted by Crippen LogP contribution is 2.25. The number of hydrogen-bond acceptors (Lipinski definition) is 4. The summed E-state index contributed by atoms with van der Waals surface area (Å²) < 4.78 is 1.73. The molecule has 0 aliphatic rings. The van der Waals surface area contributed by atoms with Gasteiger partial charge in [0, 0.05) is 13.0 Å². The molecule has 0 fully saturated rings. The maximum absolute atomic E-state index is 11.1. The summed E-state index contributed by atoms with van der Waals surface area (Å²) in [5.41, 5.74) is 1.40. The van der Waals surface area contributed by atoms with E-state index in [1.54, 1.807) is 11.6 Å². The van der Waals surface area contributed by atoms with E-state index in [1.807, 2.05) is 13.8 Å². The molecule has 6 heteroatoms. The van der Waals surface area contributed by atoms with Crippen LogP contribution in [-0.4, -0.2) is 20.5 Å². The lowest BCUT2D eigenvalue weighted by Gasteiger charge is -2.04. The molecule has 1 aromatic heterocycles. The first-order valence-corrected chi connectivity index (χ1v) is 6.73. The van der Waals surface area contributed by atoms with Crippen LogP contribution in [0, 0.1) is 10.1 Å². The second-order valence-corrected chi connectivity index (χ2v) is 4.59. The molecule has 1 heterocycles. The zero-order valence-electron chi connectivity index (χ0n) is 11.8. The van der Waals surface area contributed by atoms with E-state index in [0.717, 1.165) is 12.8 Å². The van der Waals surface area contributed by atoms with Crippen molar-refractivity contribution in [3.05, 3.63) is 21.5 Å². The van der Waals surface area contributed by atoms with Gasteiger partial charge in [-0.1, -0.05) is 13.8 Å². The quantitative estimate of drug-likeness (QED) is 0.412. The number of hydrogen-bond donors (Lipinski definition) is 0. The highest BCUT2D eigenvalue weighted by Gasteiger charge is 2.24. The number of aryl methyl sites for hydroxylation is 2. The molecular formula is C13H21N3O3. The molecule has 0 unspecified atom stereocenters. The first kappa shape index (κ1) is 15.3. The van der Waals surface area contributed by atoms with E-state index in [2.05, 4.69) is 5.10 Å². The summed E-state index contributed by atoms with van der Waals surface area (Å²) in [4.78, 5) is 21.6. The Morgan fingerprint density at radius 2 is 2.00 bits per heavy atom. The number of carbonyl (C=O) groups is 1. The largest absolute Gasteiger partial charge is 0.313 e. The van der Waals surface area contributed by atoms with Crippen LogP contribution in [0.2, 0.25) is 0 Å². The smallest absolute Gasteiger partial charge is 0.300 e. The molecule has 0 aromatic carbocycles. The molecule has 0 N–H and O–H groups in total. The van der Waals surface area contributed by atoms with E-state index >= 15 is 0 Å².